The number of carbonyl (C=O) groups excluding carboxylic acids is 3. The SMILES string of the molecule is N#Cc1ccc(NC(=O)NCc2ccc(C(=O)NCC(N)=O)cc2)cc1. The summed E-state index contributed by atoms with van der Waals surface area (Å²) in [6.07, 6.45) is 0. The maximum Gasteiger partial charge on any atom is 0.319 e. The number of nitrogens with one attached hydrogen (secondary N) is 3. The van der Waals surface area contributed by atoms with Crippen molar-refractivity contribution in [2.45, 2.75) is 6.54 Å². The molecule has 132 valence electrons. The van der Waals surface area contributed by atoms with Crippen LogP contribution in [0.15, 0.2) is 48.5 Å². The Balaban J connectivity index is 1.83. The molecule has 0 saturated carbocycles. The molecule has 0 spiro atoms. The van der Waals surface area contributed by atoms with Crippen molar-refractivity contribution in [3.63, 3.8) is 0 Å². The largest absolute Gasteiger partial charge is 0.368 e. The van der Waals surface area contributed by atoms with Crippen LogP contribution in [0.3, 0.4) is 0 Å². The summed E-state index contributed by atoms with van der Waals surface area (Å²) >= 11 is 0. The second-order valence-corrected chi connectivity index (χ2v) is 5.34. The lowest BCUT2D eigenvalue weighted by molar-refractivity contribution is -0.117. The van der Waals surface area contributed by atoms with Gasteiger partial charge >= 0.3 is 6.03 Å². The van der Waals surface area contributed by atoms with Crippen LogP contribution in [0, 0.1) is 11.3 Å². The molecular formula is C18H17N5O3. The molecular weight excluding hydrogens is 334 g/mol. The second-order valence-electron chi connectivity index (χ2n) is 5.34. The number of carbonyl (C=O) groups is 3. The quantitative estimate of drug-likeness (QED) is 0.619. The molecule has 26 heavy (non-hydrogen) atoms. The highest BCUT2D eigenvalue weighted by Crippen LogP contribution is 2.09. The van der Waals surface area contributed by atoms with Crippen LogP contribution in [0.5, 0.6) is 0 Å². The molecule has 2 aromatic carbocycles. The summed E-state index contributed by atoms with van der Waals surface area (Å²) in [6.45, 7) is 0.0446. The second kappa shape index (κ2) is 8.84. The van der Waals surface area contributed by atoms with E-state index < -0.39 is 17.8 Å². The predicted molar refractivity (Wildman–Crippen MR) is 95.0 cm³/mol. The van der Waals surface area contributed by atoms with Crippen molar-refractivity contribution < 1.29 is 14.4 Å². The first-order chi connectivity index (χ1) is 12.5. The van der Waals surface area contributed by atoms with Crippen LogP contribution in [0.2, 0.25) is 0 Å². The molecule has 0 saturated heterocycles. The van der Waals surface area contributed by atoms with E-state index in [4.69, 9.17) is 11.0 Å². The molecule has 8 heteroatoms. The number of nitriles is 1. The van der Waals surface area contributed by atoms with Crippen molar-refractivity contribution >= 4 is 23.5 Å². The van der Waals surface area contributed by atoms with Crippen molar-refractivity contribution in [2.75, 3.05) is 11.9 Å². The molecule has 4 amide bonds. The fraction of sp³-hybridized carbons (Fsp3) is 0.111. The van der Waals surface area contributed by atoms with Gasteiger partial charge in [-0.25, -0.2) is 4.79 Å². The molecule has 0 aliphatic carbocycles. The predicted octanol–water partition coefficient (Wildman–Crippen LogP) is 1.10. The Morgan fingerprint density at radius 2 is 1.62 bits per heavy atom. The number of urea groups is 1. The van der Waals surface area contributed by atoms with E-state index in [-0.39, 0.29) is 13.1 Å². The Bertz CT molecular complexity index is 839. The monoisotopic (exact) mass is 351 g/mol. The number of hydrogen-bond donors (Lipinski definition) is 4. The molecule has 8 nitrogen and oxygen atoms in total. The minimum Gasteiger partial charge on any atom is -0.368 e. The van der Waals surface area contributed by atoms with Crippen LogP contribution in [-0.4, -0.2) is 24.4 Å². The molecule has 2 aromatic rings. The number of nitrogens with zero attached hydrogens (tertiary/aromatic N) is 1. The minimum atomic E-state index is -0.618. The van der Waals surface area contributed by atoms with Gasteiger partial charge in [0, 0.05) is 17.8 Å². The van der Waals surface area contributed by atoms with Gasteiger partial charge in [-0.05, 0) is 42.0 Å². The van der Waals surface area contributed by atoms with Crippen LogP contribution in [0.1, 0.15) is 21.5 Å². The van der Waals surface area contributed by atoms with Gasteiger partial charge in [0.1, 0.15) is 0 Å². The number of anilines is 1. The van der Waals surface area contributed by atoms with E-state index >= 15 is 0 Å². The van der Waals surface area contributed by atoms with Gasteiger partial charge in [-0.15, -0.1) is 0 Å². The molecule has 0 aliphatic rings. The highest BCUT2D eigenvalue weighted by molar-refractivity contribution is 5.96. The van der Waals surface area contributed by atoms with Gasteiger partial charge in [-0.3, -0.25) is 9.59 Å². The zero-order valence-electron chi connectivity index (χ0n) is 13.8. The fourth-order valence-corrected chi connectivity index (χ4v) is 2.03. The molecule has 0 atom stereocenters. The van der Waals surface area contributed by atoms with E-state index in [2.05, 4.69) is 16.0 Å². The summed E-state index contributed by atoms with van der Waals surface area (Å²) in [5.74, 6) is -1.02. The first-order valence-electron chi connectivity index (χ1n) is 7.68. The summed E-state index contributed by atoms with van der Waals surface area (Å²) in [5.41, 5.74) is 7.23. The van der Waals surface area contributed by atoms with Crippen LogP contribution in [0.25, 0.3) is 0 Å². The minimum absolute atomic E-state index is 0.225. The first-order valence-corrected chi connectivity index (χ1v) is 7.68. The third-order valence-corrected chi connectivity index (χ3v) is 3.36. The summed E-state index contributed by atoms with van der Waals surface area (Å²) in [5, 5.41) is 16.5. The third-order valence-electron chi connectivity index (χ3n) is 3.36. The Hall–Kier alpha value is -3.86. The molecule has 0 aliphatic heterocycles. The van der Waals surface area contributed by atoms with Gasteiger partial charge in [-0.1, -0.05) is 12.1 Å². The van der Waals surface area contributed by atoms with Crippen LogP contribution in [0.4, 0.5) is 10.5 Å². The molecule has 0 unspecified atom stereocenters. The lowest BCUT2D eigenvalue weighted by Crippen LogP contribution is -2.33. The lowest BCUT2D eigenvalue weighted by Gasteiger charge is -2.08. The summed E-state index contributed by atoms with van der Waals surface area (Å²) in [4.78, 5) is 34.3. The van der Waals surface area contributed by atoms with Crippen molar-refractivity contribution in [3.8, 4) is 6.07 Å². The van der Waals surface area contributed by atoms with Crippen LogP contribution < -0.4 is 21.7 Å². The van der Waals surface area contributed by atoms with Gasteiger partial charge in [0.05, 0.1) is 18.2 Å². The Morgan fingerprint density at radius 3 is 2.19 bits per heavy atom. The van der Waals surface area contributed by atoms with Crippen LogP contribution >= 0.6 is 0 Å². The molecule has 0 radical (unpaired) electrons. The zero-order chi connectivity index (χ0) is 18.9. The van der Waals surface area contributed by atoms with Crippen LogP contribution in [-0.2, 0) is 11.3 Å². The molecule has 0 fully saturated rings. The smallest absolute Gasteiger partial charge is 0.319 e. The number of primary amides is 1. The van der Waals surface area contributed by atoms with Crippen molar-refractivity contribution in [1.29, 1.82) is 5.26 Å². The maximum atomic E-state index is 11.9. The molecule has 5 N–H and O–H groups in total. The van der Waals surface area contributed by atoms with Gasteiger partial charge in [0.15, 0.2) is 0 Å². The summed E-state index contributed by atoms with van der Waals surface area (Å²) < 4.78 is 0. The van der Waals surface area contributed by atoms with E-state index in [9.17, 15) is 14.4 Å². The van der Waals surface area contributed by atoms with Gasteiger partial charge in [0.25, 0.3) is 5.91 Å². The molecule has 0 aromatic heterocycles. The average molecular weight is 351 g/mol. The molecule has 2 rings (SSSR count). The van der Waals surface area contributed by atoms with Gasteiger partial charge in [-0.2, -0.15) is 5.26 Å². The van der Waals surface area contributed by atoms with Crippen molar-refractivity contribution in [3.05, 3.63) is 65.2 Å². The normalized spacial score (nSPS) is 9.65. The van der Waals surface area contributed by atoms with Crippen molar-refractivity contribution in [1.82, 2.24) is 10.6 Å². The third kappa shape index (κ3) is 5.65. The Morgan fingerprint density at radius 1 is 0.962 bits per heavy atom. The van der Waals surface area contributed by atoms with Gasteiger partial charge < -0.3 is 21.7 Å². The number of hydrogen-bond acceptors (Lipinski definition) is 4. The number of amides is 4. The first kappa shape index (κ1) is 18.5. The standard InChI is InChI=1S/C18H17N5O3/c19-9-12-3-7-15(8-4-12)23-18(26)22-10-13-1-5-14(6-2-13)17(25)21-11-16(20)24/h1-8H,10-11H2,(H2,20,24)(H,21,25)(H2,22,23,26). The van der Waals surface area contributed by atoms with E-state index in [0.717, 1.165) is 5.56 Å². The average Bonchev–Trinajstić information content (AvgIpc) is 2.65. The maximum absolute atomic E-state index is 11.9. The lowest BCUT2D eigenvalue weighted by atomic mass is 10.1. The van der Waals surface area contributed by atoms with E-state index in [1.165, 1.54) is 0 Å². The summed E-state index contributed by atoms with van der Waals surface area (Å²) in [6, 6.07) is 14.7. The highest BCUT2D eigenvalue weighted by Gasteiger charge is 2.07. The highest BCUT2D eigenvalue weighted by atomic mass is 16.2. The Kier molecular flexibility index (Phi) is 6.28. The van der Waals surface area contributed by atoms with E-state index in [0.29, 0.717) is 16.8 Å². The van der Waals surface area contributed by atoms with E-state index in [1.54, 1.807) is 48.5 Å². The summed E-state index contributed by atoms with van der Waals surface area (Å²) in [7, 11) is 0. The Labute approximate surface area is 150 Å². The zero-order valence-corrected chi connectivity index (χ0v) is 13.8. The number of rotatable bonds is 6. The number of benzene rings is 2. The molecule has 0 heterocycles. The molecule has 0 bridgehead atoms. The number of nitrogens with two attached hydrogens (primary N) is 1. The van der Waals surface area contributed by atoms with Gasteiger partial charge in [0.2, 0.25) is 5.91 Å². The topological polar surface area (TPSA) is 137 Å². The van der Waals surface area contributed by atoms with E-state index in [1.807, 2.05) is 6.07 Å². The van der Waals surface area contributed by atoms with Crippen molar-refractivity contribution in [2.24, 2.45) is 5.73 Å². The fourth-order valence-electron chi connectivity index (χ4n) is 2.03.